The molecule has 0 aliphatic carbocycles. The molecule has 0 saturated carbocycles. The van der Waals surface area contributed by atoms with Crippen LogP contribution in [0.25, 0.3) is 0 Å². The van der Waals surface area contributed by atoms with Crippen molar-refractivity contribution >= 4 is 10.2 Å². The molecule has 0 aromatic heterocycles. The molecule has 0 aromatic rings. The van der Waals surface area contributed by atoms with E-state index >= 15 is 0 Å². The highest BCUT2D eigenvalue weighted by Gasteiger charge is 2.27. The fraction of sp³-hybridized carbons (Fsp3) is 1.00. The van der Waals surface area contributed by atoms with Crippen molar-refractivity contribution in [3.8, 4) is 0 Å². The third-order valence-electron chi connectivity index (χ3n) is 4.40. The highest BCUT2D eigenvalue weighted by atomic mass is 32.2. The van der Waals surface area contributed by atoms with Crippen LogP contribution in [0.15, 0.2) is 0 Å². The van der Waals surface area contributed by atoms with E-state index in [1.54, 1.807) is 4.31 Å². The molecule has 0 spiro atoms. The van der Waals surface area contributed by atoms with Crippen molar-refractivity contribution in [2.24, 2.45) is 11.8 Å². The lowest BCUT2D eigenvalue weighted by atomic mass is 9.96. The largest absolute Gasteiger partial charge is 0.314 e. The first kappa shape index (κ1) is 15.2. The highest BCUT2D eigenvalue weighted by Crippen LogP contribution is 2.18. The summed E-state index contributed by atoms with van der Waals surface area (Å²) in [6, 6.07) is 0.566. The van der Waals surface area contributed by atoms with E-state index in [0.717, 1.165) is 32.2 Å². The van der Waals surface area contributed by atoms with E-state index in [4.69, 9.17) is 0 Å². The fourth-order valence-corrected chi connectivity index (χ4v) is 4.09. The third kappa shape index (κ3) is 4.41. The quantitative estimate of drug-likeness (QED) is 0.810. The summed E-state index contributed by atoms with van der Waals surface area (Å²) in [4.78, 5) is 0. The second-order valence-corrected chi connectivity index (χ2v) is 7.94. The van der Waals surface area contributed by atoms with Gasteiger partial charge in [0.25, 0.3) is 10.2 Å². The van der Waals surface area contributed by atoms with Crippen LogP contribution in [0.2, 0.25) is 0 Å². The van der Waals surface area contributed by atoms with Crippen LogP contribution in [0.3, 0.4) is 0 Å². The molecule has 19 heavy (non-hydrogen) atoms. The summed E-state index contributed by atoms with van der Waals surface area (Å²) < 4.78 is 28.8. The number of hydrogen-bond donors (Lipinski definition) is 2. The van der Waals surface area contributed by atoms with Crippen LogP contribution in [0.4, 0.5) is 0 Å². The molecule has 2 saturated heterocycles. The van der Waals surface area contributed by atoms with E-state index < -0.39 is 10.2 Å². The van der Waals surface area contributed by atoms with Gasteiger partial charge >= 0.3 is 0 Å². The smallest absolute Gasteiger partial charge is 0.279 e. The predicted molar refractivity (Wildman–Crippen MR) is 77.1 cm³/mol. The SMILES string of the molecule is CC1CCN(S(=O)(=O)NCC2CCC(C)NC2)CC1. The number of rotatable bonds is 4. The van der Waals surface area contributed by atoms with Gasteiger partial charge in [-0.1, -0.05) is 6.92 Å². The number of hydrogen-bond acceptors (Lipinski definition) is 3. The Kier molecular flexibility index (Phi) is 5.22. The van der Waals surface area contributed by atoms with Gasteiger partial charge in [-0.2, -0.15) is 12.7 Å². The van der Waals surface area contributed by atoms with Crippen molar-refractivity contribution in [3.05, 3.63) is 0 Å². The Balaban J connectivity index is 1.78. The molecule has 0 bridgehead atoms. The molecular weight excluding hydrogens is 262 g/mol. The molecule has 2 aliphatic rings. The third-order valence-corrected chi connectivity index (χ3v) is 5.98. The van der Waals surface area contributed by atoms with Gasteiger partial charge in [-0.15, -0.1) is 0 Å². The lowest BCUT2D eigenvalue weighted by Crippen LogP contribution is -2.48. The van der Waals surface area contributed by atoms with Crippen LogP contribution in [-0.4, -0.2) is 44.9 Å². The van der Waals surface area contributed by atoms with Gasteiger partial charge in [0.05, 0.1) is 0 Å². The Hall–Kier alpha value is -0.170. The Bertz CT molecular complexity index is 369. The average Bonchev–Trinajstić information content (AvgIpc) is 2.39. The summed E-state index contributed by atoms with van der Waals surface area (Å²) in [7, 11) is -3.26. The zero-order valence-electron chi connectivity index (χ0n) is 12.1. The summed E-state index contributed by atoms with van der Waals surface area (Å²) in [5.74, 6) is 1.07. The lowest BCUT2D eigenvalue weighted by molar-refractivity contribution is 0.280. The monoisotopic (exact) mass is 289 g/mol. The molecule has 2 aliphatic heterocycles. The zero-order valence-corrected chi connectivity index (χ0v) is 12.9. The summed E-state index contributed by atoms with van der Waals surface area (Å²) in [5.41, 5.74) is 0. The second-order valence-electron chi connectivity index (χ2n) is 6.19. The first-order chi connectivity index (χ1) is 8.97. The Morgan fingerprint density at radius 3 is 2.42 bits per heavy atom. The number of nitrogens with zero attached hydrogens (tertiary/aromatic N) is 1. The molecule has 2 N–H and O–H groups in total. The minimum Gasteiger partial charge on any atom is -0.314 e. The van der Waals surface area contributed by atoms with Gasteiger partial charge in [0.2, 0.25) is 0 Å². The van der Waals surface area contributed by atoms with Crippen molar-refractivity contribution in [2.75, 3.05) is 26.2 Å². The van der Waals surface area contributed by atoms with E-state index in [1.165, 1.54) is 0 Å². The molecule has 5 nitrogen and oxygen atoms in total. The van der Waals surface area contributed by atoms with Gasteiger partial charge < -0.3 is 5.32 Å². The summed E-state index contributed by atoms with van der Waals surface area (Å²) in [5, 5.41) is 3.41. The van der Waals surface area contributed by atoms with Crippen LogP contribution in [0.5, 0.6) is 0 Å². The molecule has 2 fully saturated rings. The van der Waals surface area contributed by atoms with E-state index in [0.29, 0.717) is 37.5 Å². The van der Waals surface area contributed by atoms with Gasteiger partial charge in [0, 0.05) is 25.7 Å². The van der Waals surface area contributed by atoms with Gasteiger partial charge in [-0.3, -0.25) is 0 Å². The maximum atomic E-state index is 12.2. The molecule has 2 atom stereocenters. The Morgan fingerprint density at radius 1 is 1.16 bits per heavy atom. The molecule has 0 amide bonds. The van der Waals surface area contributed by atoms with Crippen LogP contribution in [0.1, 0.15) is 39.5 Å². The van der Waals surface area contributed by atoms with Gasteiger partial charge in [-0.05, 0) is 51.0 Å². The molecule has 2 rings (SSSR count). The number of nitrogens with one attached hydrogen (secondary N) is 2. The average molecular weight is 289 g/mol. The minimum atomic E-state index is -3.26. The summed E-state index contributed by atoms with van der Waals surface area (Å²) in [6.07, 6.45) is 4.19. The van der Waals surface area contributed by atoms with Crippen molar-refractivity contribution in [2.45, 2.75) is 45.6 Å². The first-order valence-corrected chi connectivity index (χ1v) is 8.89. The van der Waals surface area contributed by atoms with Crippen molar-refractivity contribution in [1.82, 2.24) is 14.3 Å². The van der Waals surface area contributed by atoms with Crippen molar-refractivity contribution in [3.63, 3.8) is 0 Å². The van der Waals surface area contributed by atoms with E-state index in [9.17, 15) is 8.42 Å². The number of piperidine rings is 2. The normalized spacial score (nSPS) is 31.5. The van der Waals surface area contributed by atoms with Crippen molar-refractivity contribution in [1.29, 1.82) is 0 Å². The van der Waals surface area contributed by atoms with E-state index in [2.05, 4.69) is 23.9 Å². The topological polar surface area (TPSA) is 61.4 Å². The molecule has 112 valence electrons. The molecular formula is C13H27N3O2S. The lowest BCUT2D eigenvalue weighted by Gasteiger charge is -2.31. The van der Waals surface area contributed by atoms with Gasteiger partial charge in [-0.25, -0.2) is 4.72 Å². The Labute approximate surface area is 117 Å². The molecule has 2 heterocycles. The minimum absolute atomic E-state index is 0.426. The standard InChI is InChI=1S/C13H27N3O2S/c1-11-5-7-16(8-6-11)19(17,18)15-10-13-4-3-12(2)14-9-13/h11-15H,3-10H2,1-2H3. The fourth-order valence-electron chi connectivity index (χ4n) is 2.77. The van der Waals surface area contributed by atoms with Crippen molar-refractivity contribution < 1.29 is 8.42 Å². The molecule has 0 radical (unpaired) electrons. The highest BCUT2D eigenvalue weighted by molar-refractivity contribution is 7.87. The van der Waals surface area contributed by atoms with Crippen LogP contribution in [0, 0.1) is 11.8 Å². The van der Waals surface area contributed by atoms with Crippen LogP contribution < -0.4 is 10.0 Å². The van der Waals surface area contributed by atoms with E-state index in [-0.39, 0.29) is 0 Å². The summed E-state index contributed by atoms with van der Waals surface area (Å²) >= 11 is 0. The Morgan fingerprint density at radius 2 is 1.84 bits per heavy atom. The zero-order chi connectivity index (χ0) is 13.9. The molecule has 0 aromatic carbocycles. The maximum absolute atomic E-state index is 12.2. The first-order valence-electron chi connectivity index (χ1n) is 7.45. The predicted octanol–water partition coefficient (Wildman–Crippen LogP) is 0.941. The molecule has 6 heteroatoms. The second kappa shape index (κ2) is 6.52. The molecule has 2 unspecified atom stereocenters. The van der Waals surface area contributed by atoms with Gasteiger partial charge in [0.1, 0.15) is 0 Å². The van der Waals surface area contributed by atoms with E-state index in [1.807, 2.05) is 0 Å². The maximum Gasteiger partial charge on any atom is 0.279 e. The van der Waals surface area contributed by atoms with Gasteiger partial charge in [0.15, 0.2) is 0 Å². The summed E-state index contributed by atoms with van der Waals surface area (Å²) in [6.45, 7) is 7.17. The van der Waals surface area contributed by atoms with Crippen LogP contribution in [-0.2, 0) is 10.2 Å². The van der Waals surface area contributed by atoms with Crippen LogP contribution >= 0.6 is 0 Å².